The lowest BCUT2D eigenvalue weighted by Gasteiger charge is -2.34. The summed E-state index contributed by atoms with van der Waals surface area (Å²) in [5.41, 5.74) is 3.67. The summed E-state index contributed by atoms with van der Waals surface area (Å²) >= 11 is 1.75. The highest BCUT2D eigenvalue weighted by Crippen LogP contribution is 2.36. The van der Waals surface area contributed by atoms with E-state index < -0.39 is 0 Å². The first-order chi connectivity index (χ1) is 11.9. The quantitative estimate of drug-likeness (QED) is 0.739. The third-order valence-corrected chi connectivity index (χ3v) is 6.10. The van der Waals surface area contributed by atoms with Crippen molar-refractivity contribution in [1.82, 2.24) is 19.2 Å². The fourth-order valence-electron chi connectivity index (χ4n) is 3.34. The van der Waals surface area contributed by atoms with Crippen molar-refractivity contribution in [3.05, 3.63) is 42.1 Å². The van der Waals surface area contributed by atoms with E-state index in [0.717, 1.165) is 5.69 Å². The fraction of sp³-hybridized carbons (Fsp3) is 0.550. The molecule has 0 amide bonds. The van der Waals surface area contributed by atoms with Crippen molar-refractivity contribution < 1.29 is 0 Å². The van der Waals surface area contributed by atoms with E-state index in [0.29, 0.717) is 12.0 Å². The molecule has 2 aromatic rings. The molecule has 5 heteroatoms. The van der Waals surface area contributed by atoms with Crippen molar-refractivity contribution in [2.45, 2.75) is 64.0 Å². The number of H-pyrrole nitrogens is 1. The number of nitrogens with one attached hydrogen (secondary N) is 2. The molecule has 1 fully saturated rings. The topological polar surface area (TPSA) is 44.0 Å². The highest BCUT2D eigenvalue weighted by atomic mass is 32.2. The Kier molecular flexibility index (Phi) is 5.87. The molecular weight excluding hydrogens is 328 g/mol. The number of aromatic nitrogens is 2. The molecule has 0 radical (unpaired) electrons. The first-order valence-corrected chi connectivity index (χ1v) is 9.97. The van der Waals surface area contributed by atoms with Crippen molar-refractivity contribution >= 4 is 12.1 Å². The summed E-state index contributed by atoms with van der Waals surface area (Å²) in [5.74, 6) is 0.607. The lowest BCUT2D eigenvalue weighted by atomic mass is 9.84. The Hall–Kier alpha value is -1.30. The Morgan fingerprint density at radius 1 is 1.12 bits per heavy atom. The van der Waals surface area contributed by atoms with Crippen molar-refractivity contribution in [1.29, 1.82) is 0 Å². The molecule has 25 heavy (non-hydrogen) atoms. The standard InChI is InChI=1S/C20H30N4S/c1-20(2,3)23-25-24(4)17-12-10-16(11-13-17)19-14-18(21-22-19)15-8-6-5-7-9-15/h5-9,14,16-17,23H,10-13H2,1-4H3,(H,21,22). The Morgan fingerprint density at radius 2 is 1.80 bits per heavy atom. The second-order valence-corrected chi connectivity index (χ2v) is 9.03. The van der Waals surface area contributed by atoms with E-state index in [-0.39, 0.29) is 5.54 Å². The minimum atomic E-state index is 0.139. The first kappa shape index (κ1) is 18.5. The third kappa shape index (κ3) is 5.09. The molecule has 0 aliphatic heterocycles. The first-order valence-electron chi connectivity index (χ1n) is 9.20. The van der Waals surface area contributed by atoms with Gasteiger partial charge in [0, 0.05) is 40.9 Å². The minimum Gasteiger partial charge on any atom is -0.282 e. The number of rotatable bonds is 5. The molecule has 1 aliphatic carbocycles. The van der Waals surface area contributed by atoms with Crippen LogP contribution < -0.4 is 4.72 Å². The van der Waals surface area contributed by atoms with Gasteiger partial charge in [0.1, 0.15) is 0 Å². The van der Waals surface area contributed by atoms with Crippen LogP contribution in [0.2, 0.25) is 0 Å². The molecular formula is C20H30N4S. The van der Waals surface area contributed by atoms with Crippen molar-refractivity contribution in [2.24, 2.45) is 0 Å². The lowest BCUT2D eigenvalue weighted by molar-refractivity contribution is 0.279. The highest BCUT2D eigenvalue weighted by Gasteiger charge is 2.27. The van der Waals surface area contributed by atoms with Crippen LogP contribution in [0.4, 0.5) is 0 Å². The molecule has 0 bridgehead atoms. The number of hydrogen-bond donors (Lipinski definition) is 2. The van der Waals surface area contributed by atoms with Gasteiger partial charge in [0.15, 0.2) is 0 Å². The number of hydrogen-bond acceptors (Lipinski definition) is 4. The molecule has 0 unspecified atom stereocenters. The molecule has 0 saturated heterocycles. The average Bonchev–Trinajstić information content (AvgIpc) is 3.10. The maximum absolute atomic E-state index is 4.52. The van der Waals surface area contributed by atoms with Gasteiger partial charge in [0.2, 0.25) is 0 Å². The van der Waals surface area contributed by atoms with Crippen LogP contribution in [0.15, 0.2) is 36.4 Å². The predicted molar refractivity (Wildman–Crippen MR) is 107 cm³/mol. The summed E-state index contributed by atoms with van der Waals surface area (Å²) in [7, 11) is 2.21. The summed E-state index contributed by atoms with van der Waals surface area (Å²) in [4.78, 5) is 0. The maximum atomic E-state index is 4.52. The van der Waals surface area contributed by atoms with Gasteiger partial charge < -0.3 is 0 Å². The smallest absolute Gasteiger partial charge is 0.0923 e. The van der Waals surface area contributed by atoms with Gasteiger partial charge in [-0.3, -0.25) is 5.10 Å². The molecule has 1 saturated carbocycles. The van der Waals surface area contributed by atoms with Gasteiger partial charge in [0.25, 0.3) is 0 Å². The van der Waals surface area contributed by atoms with E-state index in [1.165, 1.54) is 36.9 Å². The van der Waals surface area contributed by atoms with Crippen LogP contribution in [-0.2, 0) is 0 Å². The highest BCUT2D eigenvalue weighted by molar-refractivity contribution is 7.95. The molecule has 1 aromatic heterocycles. The molecule has 4 nitrogen and oxygen atoms in total. The summed E-state index contributed by atoms with van der Waals surface area (Å²) in [6, 6.07) is 13.3. The zero-order chi connectivity index (χ0) is 17.9. The van der Waals surface area contributed by atoms with Crippen molar-refractivity contribution in [2.75, 3.05) is 7.05 Å². The van der Waals surface area contributed by atoms with E-state index in [1.807, 2.05) is 6.07 Å². The van der Waals surface area contributed by atoms with Gasteiger partial charge >= 0.3 is 0 Å². The molecule has 1 aliphatic rings. The molecule has 136 valence electrons. The van der Waals surface area contributed by atoms with Gasteiger partial charge in [-0.25, -0.2) is 9.03 Å². The summed E-state index contributed by atoms with van der Waals surface area (Å²) in [6.07, 6.45) is 4.92. The van der Waals surface area contributed by atoms with Crippen LogP contribution in [0.1, 0.15) is 58.1 Å². The van der Waals surface area contributed by atoms with Gasteiger partial charge in [-0.15, -0.1) is 0 Å². The van der Waals surface area contributed by atoms with Gasteiger partial charge in [-0.1, -0.05) is 30.3 Å². The summed E-state index contributed by atoms with van der Waals surface area (Å²) < 4.78 is 5.90. The normalized spacial score (nSPS) is 21.6. The van der Waals surface area contributed by atoms with Crippen LogP contribution in [-0.4, -0.2) is 33.1 Å². The Bertz CT molecular complexity index is 654. The monoisotopic (exact) mass is 358 g/mol. The summed E-state index contributed by atoms with van der Waals surface area (Å²) in [5, 5.41) is 7.80. The minimum absolute atomic E-state index is 0.139. The van der Waals surface area contributed by atoms with Crippen LogP contribution in [0.5, 0.6) is 0 Å². The van der Waals surface area contributed by atoms with E-state index in [1.54, 1.807) is 12.1 Å². The maximum Gasteiger partial charge on any atom is 0.0923 e. The van der Waals surface area contributed by atoms with E-state index in [4.69, 9.17) is 0 Å². The van der Waals surface area contributed by atoms with Crippen LogP contribution in [0, 0.1) is 0 Å². The number of benzene rings is 1. The van der Waals surface area contributed by atoms with Gasteiger partial charge in [-0.2, -0.15) is 5.10 Å². The second-order valence-electron chi connectivity index (χ2n) is 8.07. The van der Waals surface area contributed by atoms with Crippen LogP contribution in [0.25, 0.3) is 11.3 Å². The molecule has 2 N–H and O–H groups in total. The Balaban J connectivity index is 1.53. The van der Waals surface area contributed by atoms with E-state index in [2.05, 4.69) is 77.4 Å². The van der Waals surface area contributed by atoms with Crippen LogP contribution >= 0.6 is 12.1 Å². The van der Waals surface area contributed by atoms with Crippen molar-refractivity contribution in [3.63, 3.8) is 0 Å². The number of aromatic amines is 1. The van der Waals surface area contributed by atoms with Gasteiger partial charge in [0.05, 0.1) is 5.69 Å². The molecule has 0 spiro atoms. The van der Waals surface area contributed by atoms with Crippen molar-refractivity contribution in [3.8, 4) is 11.3 Å². The molecule has 1 heterocycles. The second kappa shape index (κ2) is 7.94. The summed E-state index contributed by atoms with van der Waals surface area (Å²) in [6.45, 7) is 6.61. The van der Waals surface area contributed by atoms with E-state index >= 15 is 0 Å². The fourth-order valence-corrected chi connectivity index (χ4v) is 4.11. The Morgan fingerprint density at radius 3 is 2.44 bits per heavy atom. The average molecular weight is 359 g/mol. The largest absolute Gasteiger partial charge is 0.282 e. The van der Waals surface area contributed by atoms with E-state index in [9.17, 15) is 0 Å². The lowest BCUT2D eigenvalue weighted by Crippen LogP contribution is -2.37. The predicted octanol–water partition coefficient (Wildman–Crippen LogP) is 4.99. The SMILES string of the molecule is CN(SNC(C)(C)C)C1CCC(c2cc(-c3ccccc3)n[nH]2)CC1. The Labute approximate surface area is 156 Å². The van der Waals surface area contributed by atoms with Crippen LogP contribution in [0.3, 0.4) is 0 Å². The zero-order valence-electron chi connectivity index (χ0n) is 15.7. The third-order valence-electron chi connectivity index (χ3n) is 4.81. The zero-order valence-corrected chi connectivity index (χ0v) is 16.6. The number of nitrogens with zero attached hydrogens (tertiary/aromatic N) is 2. The molecule has 3 rings (SSSR count). The molecule has 1 aromatic carbocycles. The van der Waals surface area contributed by atoms with Gasteiger partial charge in [-0.05, 0) is 59.6 Å². The molecule has 0 atom stereocenters.